The summed E-state index contributed by atoms with van der Waals surface area (Å²) in [6, 6.07) is 10.3. The Morgan fingerprint density at radius 1 is 1.32 bits per heavy atom. The Morgan fingerprint density at radius 2 is 2.12 bits per heavy atom. The maximum absolute atomic E-state index is 11.4. The summed E-state index contributed by atoms with van der Waals surface area (Å²) in [5, 5.41) is 15.0. The number of rotatable bonds is 8. The van der Waals surface area contributed by atoms with Crippen molar-refractivity contribution in [2.75, 3.05) is 30.3 Å². The average Bonchev–Trinajstić information content (AvgIpc) is 3.44. The van der Waals surface area contributed by atoms with Crippen LogP contribution in [0.4, 0.5) is 11.5 Å². The number of piperidine rings is 1. The van der Waals surface area contributed by atoms with Crippen molar-refractivity contribution in [3.05, 3.63) is 46.6 Å². The number of para-hydroxylation sites is 2. The number of carbonyl (C=O) groups excluding carboxylic acids is 1. The molecule has 0 radical (unpaired) electrons. The molecule has 4 heterocycles. The summed E-state index contributed by atoms with van der Waals surface area (Å²) in [5.74, 6) is 1.55. The van der Waals surface area contributed by atoms with E-state index in [0.717, 1.165) is 72.1 Å². The Morgan fingerprint density at radius 3 is 2.85 bits per heavy atom. The summed E-state index contributed by atoms with van der Waals surface area (Å²) in [7, 11) is 0. The lowest BCUT2D eigenvalue weighted by molar-refractivity contribution is 0.112. The van der Waals surface area contributed by atoms with Crippen LogP contribution in [0, 0.1) is 0 Å². The highest BCUT2D eigenvalue weighted by Gasteiger charge is 2.23. The third-order valence-electron chi connectivity index (χ3n) is 6.56. The number of aryl methyl sites for hydroxylation is 1. The van der Waals surface area contributed by atoms with Crippen LogP contribution < -0.4 is 16.0 Å². The first-order valence-corrected chi connectivity index (χ1v) is 12.7. The number of hydrogen-bond acceptors (Lipinski definition) is 8. The van der Waals surface area contributed by atoms with Gasteiger partial charge in [-0.3, -0.25) is 4.79 Å². The number of nitrogen functional groups attached to an aromatic ring is 1. The molecule has 178 valence electrons. The van der Waals surface area contributed by atoms with Gasteiger partial charge in [0.05, 0.1) is 21.6 Å². The highest BCUT2D eigenvalue weighted by molar-refractivity contribution is 7.20. The van der Waals surface area contributed by atoms with E-state index in [4.69, 9.17) is 10.7 Å². The maximum atomic E-state index is 11.4. The van der Waals surface area contributed by atoms with Crippen LogP contribution in [-0.2, 0) is 6.42 Å². The van der Waals surface area contributed by atoms with Gasteiger partial charge >= 0.3 is 0 Å². The summed E-state index contributed by atoms with van der Waals surface area (Å²) < 4.78 is 0. The minimum absolute atomic E-state index is 0.327. The second-order valence-corrected chi connectivity index (χ2v) is 9.92. The number of thiophene rings is 1. The molecule has 1 fully saturated rings. The number of H-pyrrole nitrogens is 1. The minimum atomic E-state index is -0.678. The molecule has 1 aromatic carbocycles. The Bertz CT molecular complexity index is 1270. The number of aromatic nitrogens is 3. The smallest absolute Gasteiger partial charge is 0.162 e. The number of aromatic amines is 1. The van der Waals surface area contributed by atoms with Gasteiger partial charge in [-0.2, -0.15) is 0 Å². The predicted molar refractivity (Wildman–Crippen MR) is 138 cm³/mol. The molecule has 5 N–H and O–H groups in total. The van der Waals surface area contributed by atoms with Gasteiger partial charge in [0.25, 0.3) is 0 Å². The molecule has 0 saturated carbocycles. The fraction of sp³-hybridized carbons (Fsp3) is 0.400. The summed E-state index contributed by atoms with van der Waals surface area (Å²) in [6.07, 6.45) is 3.98. The second-order valence-electron chi connectivity index (χ2n) is 8.89. The number of imidazole rings is 1. The number of nitrogens with two attached hydrogens (primary N) is 1. The van der Waals surface area contributed by atoms with Crippen molar-refractivity contribution in [3.8, 4) is 0 Å². The fourth-order valence-electron chi connectivity index (χ4n) is 4.74. The monoisotopic (exact) mass is 478 g/mol. The van der Waals surface area contributed by atoms with Crippen LogP contribution in [0.3, 0.4) is 0 Å². The number of nitrogens with one attached hydrogen (secondary N) is 2. The number of fused-ring (bicyclic) bond motifs is 2. The van der Waals surface area contributed by atoms with Crippen molar-refractivity contribution in [1.29, 1.82) is 0 Å². The zero-order chi connectivity index (χ0) is 23.7. The highest BCUT2D eigenvalue weighted by atomic mass is 32.1. The topological polar surface area (TPSA) is 120 Å². The summed E-state index contributed by atoms with van der Waals surface area (Å²) in [6.45, 7) is 4.36. The van der Waals surface area contributed by atoms with Gasteiger partial charge < -0.3 is 26.0 Å². The van der Waals surface area contributed by atoms with Gasteiger partial charge in [-0.25, -0.2) is 9.97 Å². The van der Waals surface area contributed by atoms with Crippen molar-refractivity contribution < 1.29 is 9.90 Å². The Labute approximate surface area is 202 Å². The lowest BCUT2D eigenvalue weighted by Gasteiger charge is -2.33. The van der Waals surface area contributed by atoms with E-state index in [0.29, 0.717) is 29.0 Å². The molecule has 34 heavy (non-hydrogen) atoms. The number of aldehydes is 1. The number of pyridine rings is 1. The highest BCUT2D eigenvalue weighted by Crippen LogP contribution is 2.37. The first-order chi connectivity index (χ1) is 16.6. The SMILES string of the molecule is CCCc1cc(N2CCC(NCC(O)c3nc4ccccc4[nH]3)CC2)nc2sc(C=O)c(N)c12. The molecular formula is C25H30N6O2S. The first kappa shape index (κ1) is 22.8. The van der Waals surface area contributed by atoms with Crippen LogP contribution in [0.15, 0.2) is 30.3 Å². The summed E-state index contributed by atoms with van der Waals surface area (Å²) in [4.78, 5) is 27.7. The second kappa shape index (κ2) is 9.69. The Hall–Kier alpha value is -3.01. The van der Waals surface area contributed by atoms with E-state index in [1.54, 1.807) is 0 Å². The van der Waals surface area contributed by atoms with Gasteiger partial charge in [0.2, 0.25) is 0 Å². The average molecular weight is 479 g/mol. The zero-order valence-corrected chi connectivity index (χ0v) is 20.1. The number of benzene rings is 1. The van der Waals surface area contributed by atoms with Crippen LogP contribution in [0.25, 0.3) is 21.3 Å². The number of carbonyl (C=O) groups is 1. The van der Waals surface area contributed by atoms with Crippen LogP contribution >= 0.6 is 11.3 Å². The third kappa shape index (κ3) is 4.38. The number of aliphatic hydroxyl groups is 1. The lowest BCUT2D eigenvalue weighted by atomic mass is 10.0. The van der Waals surface area contributed by atoms with Crippen LogP contribution in [0.1, 0.15) is 53.3 Å². The van der Waals surface area contributed by atoms with Crippen molar-refractivity contribution in [2.24, 2.45) is 0 Å². The van der Waals surface area contributed by atoms with E-state index < -0.39 is 6.10 Å². The van der Waals surface area contributed by atoms with E-state index in [2.05, 4.69) is 33.2 Å². The molecule has 1 aliphatic rings. The van der Waals surface area contributed by atoms with Crippen LogP contribution in [0.5, 0.6) is 0 Å². The quantitative estimate of drug-likeness (QED) is 0.284. The van der Waals surface area contributed by atoms with Gasteiger partial charge in [-0.1, -0.05) is 25.5 Å². The van der Waals surface area contributed by atoms with Gasteiger partial charge in [0.1, 0.15) is 22.6 Å². The molecule has 0 spiro atoms. The van der Waals surface area contributed by atoms with Crippen LogP contribution in [0.2, 0.25) is 0 Å². The molecule has 1 aliphatic heterocycles. The molecule has 5 rings (SSSR count). The van der Waals surface area contributed by atoms with Crippen LogP contribution in [-0.4, -0.2) is 52.0 Å². The van der Waals surface area contributed by atoms with E-state index >= 15 is 0 Å². The molecule has 8 nitrogen and oxygen atoms in total. The van der Waals surface area contributed by atoms with Gasteiger partial charge in [-0.15, -0.1) is 11.3 Å². The third-order valence-corrected chi connectivity index (χ3v) is 7.59. The molecule has 0 bridgehead atoms. The lowest BCUT2D eigenvalue weighted by Crippen LogP contribution is -2.44. The maximum Gasteiger partial charge on any atom is 0.162 e. The largest absolute Gasteiger partial charge is 0.397 e. The number of anilines is 2. The van der Waals surface area contributed by atoms with Crippen molar-refractivity contribution in [2.45, 2.75) is 44.8 Å². The number of hydrogen-bond donors (Lipinski definition) is 4. The standard InChI is InChI=1S/C25H30N6O2S/c1-2-5-15-12-21(30-25-22(15)23(26)20(14-32)34-25)31-10-8-16(9-11-31)27-13-19(33)24-28-17-6-3-4-7-18(17)29-24/h3-4,6-7,12,14,16,19,27,33H,2,5,8-11,13,26H2,1H3,(H,28,29). The van der Waals surface area contributed by atoms with Crippen molar-refractivity contribution in [1.82, 2.24) is 20.3 Å². The first-order valence-electron chi connectivity index (χ1n) is 11.9. The molecule has 3 aromatic heterocycles. The molecule has 9 heteroatoms. The van der Waals surface area contributed by atoms with Crippen molar-refractivity contribution >= 4 is 50.4 Å². The number of aliphatic hydroxyl groups excluding tert-OH is 1. The summed E-state index contributed by atoms with van der Waals surface area (Å²) >= 11 is 1.37. The fourth-order valence-corrected chi connectivity index (χ4v) is 5.69. The van der Waals surface area contributed by atoms with E-state index in [9.17, 15) is 9.90 Å². The Balaban J connectivity index is 1.23. The molecule has 1 atom stereocenters. The molecule has 1 saturated heterocycles. The number of nitrogens with zero attached hydrogens (tertiary/aromatic N) is 3. The zero-order valence-electron chi connectivity index (χ0n) is 19.3. The van der Waals surface area contributed by atoms with Gasteiger partial charge in [-0.05, 0) is 43.0 Å². The molecule has 0 amide bonds. The van der Waals surface area contributed by atoms with Crippen molar-refractivity contribution in [3.63, 3.8) is 0 Å². The predicted octanol–water partition coefficient (Wildman–Crippen LogP) is 3.81. The Kier molecular flexibility index (Phi) is 6.49. The van der Waals surface area contributed by atoms with Gasteiger partial charge in [0.15, 0.2) is 6.29 Å². The van der Waals surface area contributed by atoms with E-state index in [1.165, 1.54) is 16.9 Å². The van der Waals surface area contributed by atoms with Gasteiger partial charge in [0, 0.05) is 31.1 Å². The molecule has 4 aromatic rings. The normalized spacial score (nSPS) is 15.9. The molecule has 0 aliphatic carbocycles. The molecule has 1 unspecified atom stereocenters. The minimum Gasteiger partial charge on any atom is -0.397 e. The summed E-state index contributed by atoms with van der Waals surface area (Å²) in [5.41, 5.74) is 9.76. The van der Waals surface area contributed by atoms with E-state index in [1.807, 2.05) is 24.3 Å². The van der Waals surface area contributed by atoms with E-state index in [-0.39, 0.29) is 0 Å². The molecular weight excluding hydrogens is 448 g/mol.